The van der Waals surface area contributed by atoms with Crippen LogP contribution in [-0.2, 0) is 9.53 Å². The molecule has 4 fully saturated rings. The lowest BCUT2D eigenvalue weighted by Gasteiger charge is -2.58. The molecule has 0 saturated heterocycles. The molecule has 84 valence electrons. The second kappa shape index (κ2) is 2.99. The molecule has 15 heavy (non-hydrogen) atoms. The van der Waals surface area contributed by atoms with Crippen LogP contribution in [0.3, 0.4) is 0 Å². The second-order valence-electron chi connectivity index (χ2n) is 5.88. The van der Waals surface area contributed by atoms with Crippen LogP contribution in [-0.4, -0.2) is 17.4 Å². The van der Waals surface area contributed by atoms with E-state index in [0.717, 1.165) is 31.1 Å². The van der Waals surface area contributed by atoms with E-state index in [1.165, 1.54) is 26.4 Å². The van der Waals surface area contributed by atoms with Crippen molar-refractivity contribution in [3.63, 3.8) is 0 Å². The molecule has 4 bridgehead atoms. The number of hydrogen-bond acceptors (Lipinski definition) is 2. The average Bonchev–Trinajstić information content (AvgIpc) is 2.12. The Morgan fingerprint density at radius 2 is 1.87 bits per heavy atom. The Morgan fingerprint density at radius 1 is 1.27 bits per heavy atom. The van der Waals surface area contributed by atoms with E-state index in [0.29, 0.717) is 0 Å². The first kappa shape index (κ1) is 10.1. The smallest absolute Gasteiger partial charge is 0.311 e. The molecule has 0 spiro atoms. The highest BCUT2D eigenvalue weighted by Gasteiger charge is 2.60. The van der Waals surface area contributed by atoms with Crippen LogP contribution in [0.5, 0.6) is 0 Å². The Kier molecular flexibility index (Phi) is 2.02. The van der Waals surface area contributed by atoms with Gasteiger partial charge in [-0.1, -0.05) is 15.9 Å². The van der Waals surface area contributed by atoms with Gasteiger partial charge in [0.2, 0.25) is 0 Å². The van der Waals surface area contributed by atoms with E-state index in [4.69, 9.17) is 4.74 Å². The number of carbonyl (C=O) groups excluding carboxylic acids is 1. The fraction of sp³-hybridized carbons (Fsp3) is 0.917. The van der Waals surface area contributed by atoms with Crippen LogP contribution in [0.25, 0.3) is 0 Å². The number of rotatable bonds is 1. The predicted octanol–water partition coefficient (Wildman–Crippen LogP) is 2.89. The highest BCUT2D eigenvalue weighted by Crippen LogP contribution is 2.64. The largest absolute Gasteiger partial charge is 0.469 e. The van der Waals surface area contributed by atoms with Gasteiger partial charge in [-0.2, -0.15) is 0 Å². The molecule has 0 aliphatic heterocycles. The molecule has 2 nitrogen and oxygen atoms in total. The van der Waals surface area contributed by atoms with Crippen molar-refractivity contribution in [3.8, 4) is 0 Å². The molecule has 4 aliphatic carbocycles. The van der Waals surface area contributed by atoms with E-state index < -0.39 is 0 Å². The zero-order chi connectivity index (χ0) is 10.7. The number of alkyl halides is 1. The zero-order valence-corrected chi connectivity index (χ0v) is 10.7. The third-order valence-electron chi connectivity index (χ3n) is 4.61. The van der Waals surface area contributed by atoms with Crippen molar-refractivity contribution in [2.45, 2.75) is 42.8 Å². The molecular formula is C12H17BrO2. The van der Waals surface area contributed by atoms with Gasteiger partial charge in [-0.15, -0.1) is 0 Å². The average molecular weight is 273 g/mol. The van der Waals surface area contributed by atoms with Crippen molar-refractivity contribution < 1.29 is 9.53 Å². The van der Waals surface area contributed by atoms with Crippen LogP contribution in [0.2, 0.25) is 0 Å². The van der Waals surface area contributed by atoms with Crippen LogP contribution in [0.15, 0.2) is 0 Å². The summed E-state index contributed by atoms with van der Waals surface area (Å²) in [5.41, 5.74) is -0.137. The van der Waals surface area contributed by atoms with Crippen molar-refractivity contribution in [2.24, 2.45) is 17.3 Å². The van der Waals surface area contributed by atoms with Gasteiger partial charge >= 0.3 is 5.97 Å². The first-order chi connectivity index (χ1) is 7.05. The molecule has 0 N–H and O–H groups in total. The third kappa shape index (κ3) is 1.38. The van der Waals surface area contributed by atoms with Crippen LogP contribution >= 0.6 is 15.9 Å². The van der Waals surface area contributed by atoms with E-state index in [1.54, 1.807) is 0 Å². The Bertz CT molecular complexity index is 299. The first-order valence-corrected chi connectivity index (χ1v) is 6.62. The topological polar surface area (TPSA) is 26.3 Å². The minimum absolute atomic E-state index is 0.0421. The quantitative estimate of drug-likeness (QED) is 0.542. The Morgan fingerprint density at radius 3 is 2.33 bits per heavy atom. The molecule has 0 aromatic carbocycles. The molecule has 4 rings (SSSR count). The summed E-state index contributed by atoms with van der Waals surface area (Å²) < 4.78 is 5.28. The van der Waals surface area contributed by atoms with E-state index in [1.807, 2.05) is 0 Å². The van der Waals surface area contributed by atoms with E-state index in [9.17, 15) is 4.79 Å². The maximum atomic E-state index is 12.0. The Hall–Kier alpha value is -0.0500. The number of ether oxygens (including phenoxy) is 1. The predicted molar refractivity (Wildman–Crippen MR) is 60.8 cm³/mol. The monoisotopic (exact) mass is 272 g/mol. The van der Waals surface area contributed by atoms with Crippen LogP contribution in [0.1, 0.15) is 38.5 Å². The van der Waals surface area contributed by atoms with Gasteiger partial charge in [0, 0.05) is 4.32 Å². The fourth-order valence-electron chi connectivity index (χ4n) is 4.61. The van der Waals surface area contributed by atoms with Gasteiger partial charge in [0.15, 0.2) is 0 Å². The summed E-state index contributed by atoms with van der Waals surface area (Å²) in [4.78, 5) is 12.0. The third-order valence-corrected chi connectivity index (χ3v) is 5.54. The SMILES string of the molecule is COC(=O)C12C[C@@H]3C[C@@H](CC(Br)(C3)C1)C2. The first-order valence-electron chi connectivity index (χ1n) is 5.83. The lowest BCUT2D eigenvalue weighted by atomic mass is 9.49. The van der Waals surface area contributed by atoms with Gasteiger partial charge in [0.05, 0.1) is 12.5 Å². The molecular weight excluding hydrogens is 256 g/mol. The summed E-state index contributed by atoms with van der Waals surface area (Å²) in [5.74, 6) is 1.55. The molecule has 2 unspecified atom stereocenters. The summed E-state index contributed by atoms with van der Waals surface area (Å²) in [6.07, 6.45) is 7.02. The number of methoxy groups -OCH3 is 1. The second-order valence-corrected chi connectivity index (χ2v) is 7.57. The molecule has 4 saturated carbocycles. The number of hydrogen-bond donors (Lipinski definition) is 0. The maximum Gasteiger partial charge on any atom is 0.311 e. The van der Waals surface area contributed by atoms with Gasteiger partial charge in [-0.3, -0.25) is 4.79 Å². The van der Waals surface area contributed by atoms with Crippen molar-refractivity contribution in [2.75, 3.05) is 7.11 Å². The highest BCUT2D eigenvalue weighted by atomic mass is 79.9. The number of esters is 1. The molecule has 0 aromatic rings. The molecule has 0 aromatic heterocycles. The maximum absolute atomic E-state index is 12.0. The lowest BCUT2D eigenvalue weighted by molar-refractivity contribution is -0.166. The van der Waals surface area contributed by atoms with E-state index in [2.05, 4.69) is 15.9 Å². The van der Waals surface area contributed by atoms with E-state index in [-0.39, 0.29) is 15.7 Å². The summed E-state index contributed by atoms with van der Waals surface area (Å²) >= 11 is 3.88. The van der Waals surface area contributed by atoms with Crippen LogP contribution < -0.4 is 0 Å². The minimum Gasteiger partial charge on any atom is -0.469 e. The van der Waals surface area contributed by atoms with Gasteiger partial charge < -0.3 is 4.74 Å². The van der Waals surface area contributed by atoms with Gasteiger partial charge in [-0.05, 0) is 50.4 Å². The zero-order valence-electron chi connectivity index (χ0n) is 9.09. The standard InChI is InChI=1S/C12H17BrO2/c1-15-10(14)11-3-8-2-9(4-11)6-12(13,5-8)7-11/h8-9H,2-7H2,1H3/t8-,9+,11?,12?. The van der Waals surface area contributed by atoms with E-state index >= 15 is 0 Å². The van der Waals surface area contributed by atoms with Gasteiger partial charge in [0.25, 0.3) is 0 Å². The van der Waals surface area contributed by atoms with Crippen molar-refractivity contribution >= 4 is 21.9 Å². The van der Waals surface area contributed by atoms with Crippen molar-refractivity contribution in [1.82, 2.24) is 0 Å². The van der Waals surface area contributed by atoms with Gasteiger partial charge in [0.1, 0.15) is 0 Å². The molecule has 0 radical (unpaired) electrons. The van der Waals surface area contributed by atoms with Crippen LogP contribution in [0, 0.1) is 17.3 Å². The van der Waals surface area contributed by atoms with Gasteiger partial charge in [-0.25, -0.2) is 0 Å². The molecule has 3 heteroatoms. The highest BCUT2D eigenvalue weighted by molar-refractivity contribution is 9.10. The Labute approximate surface area is 98.9 Å². The number of carbonyl (C=O) groups is 1. The Balaban J connectivity index is 1.96. The molecule has 0 heterocycles. The van der Waals surface area contributed by atoms with Crippen molar-refractivity contribution in [3.05, 3.63) is 0 Å². The lowest BCUT2D eigenvalue weighted by Crippen LogP contribution is -2.56. The summed E-state index contributed by atoms with van der Waals surface area (Å²) in [5, 5.41) is 0. The van der Waals surface area contributed by atoms with Crippen molar-refractivity contribution in [1.29, 1.82) is 0 Å². The summed E-state index contributed by atoms with van der Waals surface area (Å²) in [7, 11) is 1.53. The summed E-state index contributed by atoms with van der Waals surface area (Å²) in [6.45, 7) is 0. The number of halogens is 1. The fourth-order valence-corrected chi connectivity index (χ4v) is 6.06. The summed E-state index contributed by atoms with van der Waals surface area (Å²) in [6, 6.07) is 0. The normalized spacial score (nSPS) is 51.9. The molecule has 0 amide bonds. The molecule has 4 aliphatic rings. The van der Waals surface area contributed by atoms with Crippen LogP contribution in [0.4, 0.5) is 0 Å². The minimum atomic E-state index is -0.137. The molecule has 4 atom stereocenters.